The molecule has 2 aliphatic rings. The van der Waals surface area contributed by atoms with E-state index >= 15 is 0 Å². The van der Waals surface area contributed by atoms with Crippen LogP contribution < -0.4 is 4.74 Å². The van der Waals surface area contributed by atoms with Crippen LogP contribution in [0.15, 0.2) is 78.9 Å². The van der Waals surface area contributed by atoms with Gasteiger partial charge in [-0.15, -0.1) is 0 Å². The number of aliphatic hydroxyl groups is 4. The van der Waals surface area contributed by atoms with Crippen molar-refractivity contribution >= 4 is 23.4 Å². The molecule has 2 heterocycles. The second-order valence-corrected chi connectivity index (χ2v) is 10.8. The Morgan fingerprint density at radius 3 is 2.27 bits per heavy atom. The monoisotopic (exact) mass is 560 g/mol. The molecule has 0 amide bonds. The lowest BCUT2D eigenvalue weighted by molar-refractivity contribution is -0.455. The molecule has 2 aliphatic heterocycles. The Bertz CT molecular complexity index is 1460. The second-order valence-electron chi connectivity index (χ2n) is 10.8. The molecule has 9 heteroatoms. The minimum absolute atomic E-state index is 0.249. The predicted molar refractivity (Wildman–Crippen MR) is 151 cm³/mol. The van der Waals surface area contributed by atoms with Crippen LogP contribution in [-0.4, -0.2) is 79.1 Å². The maximum Gasteiger partial charge on any atom is 0.335 e. The summed E-state index contributed by atoms with van der Waals surface area (Å²) in [6.07, 6.45) is -2.66. The van der Waals surface area contributed by atoms with Gasteiger partial charge in [-0.25, -0.2) is 4.79 Å². The van der Waals surface area contributed by atoms with E-state index in [0.29, 0.717) is 12.3 Å². The molecule has 5 rings (SSSR count). The van der Waals surface area contributed by atoms with Crippen LogP contribution in [0.4, 0.5) is 5.69 Å². The highest BCUT2D eigenvalue weighted by molar-refractivity contribution is 6.05. The van der Waals surface area contributed by atoms with Crippen molar-refractivity contribution in [1.82, 2.24) is 0 Å². The standard InChI is InChI=1S/C32H33NO8/c1-32(2)23-5-3-4-6-24(23)33(17-20-7-12-21(13-8-20)30(38)39)26(32)16-11-19-9-14-22(15-10-19)40-31-29(37)28(36)27(35)25(18-34)41-31/h3-16,25,27-29,31,34-37H,17-18H2,1-2H3/p+1/b16-11+/t25-,27+,28+,29-,31-/m1/s1. The number of allylic oxidation sites excluding steroid dienone is 1. The maximum absolute atomic E-state index is 11.3. The lowest BCUT2D eigenvalue weighted by Gasteiger charge is -2.39. The summed E-state index contributed by atoms with van der Waals surface area (Å²) in [7, 11) is 0. The fourth-order valence-corrected chi connectivity index (χ4v) is 5.38. The molecule has 0 bridgehead atoms. The Morgan fingerprint density at radius 1 is 0.927 bits per heavy atom. The molecule has 0 aliphatic carbocycles. The quantitative estimate of drug-likeness (QED) is 0.265. The van der Waals surface area contributed by atoms with E-state index in [2.05, 4.69) is 36.6 Å². The van der Waals surface area contributed by atoms with Gasteiger partial charge < -0.3 is 35.0 Å². The minimum atomic E-state index is -1.51. The third-order valence-corrected chi connectivity index (χ3v) is 7.76. The first-order chi connectivity index (χ1) is 19.6. The summed E-state index contributed by atoms with van der Waals surface area (Å²) in [5, 5.41) is 48.9. The van der Waals surface area contributed by atoms with Crippen LogP contribution in [0.1, 0.15) is 40.9 Å². The number of rotatable bonds is 8. The van der Waals surface area contributed by atoms with E-state index in [1.54, 1.807) is 24.3 Å². The molecule has 9 nitrogen and oxygen atoms in total. The highest BCUT2D eigenvalue weighted by Gasteiger charge is 2.45. The number of carbonyl (C=O) groups is 1. The van der Waals surface area contributed by atoms with Crippen LogP contribution in [-0.2, 0) is 16.7 Å². The highest BCUT2D eigenvalue weighted by atomic mass is 16.7. The predicted octanol–water partition coefficient (Wildman–Crippen LogP) is 2.85. The van der Waals surface area contributed by atoms with Crippen molar-refractivity contribution in [2.75, 3.05) is 6.61 Å². The Labute approximate surface area is 237 Å². The van der Waals surface area contributed by atoms with E-state index in [4.69, 9.17) is 9.47 Å². The van der Waals surface area contributed by atoms with Crippen LogP contribution in [0.5, 0.6) is 5.75 Å². The zero-order valence-electron chi connectivity index (χ0n) is 22.8. The van der Waals surface area contributed by atoms with Gasteiger partial charge in [-0.3, -0.25) is 0 Å². The number of aliphatic hydroxyl groups excluding tert-OH is 4. The molecular weight excluding hydrogens is 526 g/mol. The van der Waals surface area contributed by atoms with Crippen molar-refractivity contribution in [2.45, 2.75) is 56.5 Å². The third-order valence-electron chi connectivity index (χ3n) is 7.76. The Balaban J connectivity index is 1.38. The maximum atomic E-state index is 11.3. The zero-order valence-corrected chi connectivity index (χ0v) is 22.8. The molecule has 5 N–H and O–H groups in total. The first kappa shape index (κ1) is 28.7. The number of nitrogens with zero attached hydrogens (tertiary/aromatic N) is 1. The van der Waals surface area contributed by atoms with Crippen molar-refractivity contribution in [2.24, 2.45) is 0 Å². The molecule has 41 heavy (non-hydrogen) atoms. The number of carboxylic acids is 1. The van der Waals surface area contributed by atoms with Gasteiger partial charge in [-0.2, -0.15) is 4.58 Å². The van der Waals surface area contributed by atoms with E-state index in [-0.39, 0.29) is 11.0 Å². The van der Waals surface area contributed by atoms with Gasteiger partial charge >= 0.3 is 5.97 Å². The van der Waals surface area contributed by atoms with Gasteiger partial charge in [0, 0.05) is 23.3 Å². The van der Waals surface area contributed by atoms with Gasteiger partial charge in [0.25, 0.3) is 0 Å². The van der Waals surface area contributed by atoms with Crippen LogP contribution in [0.25, 0.3) is 6.08 Å². The Hall–Kier alpha value is -3.86. The number of benzene rings is 3. The summed E-state index contributed by atoms with van der Waals surface area (Å²) in [5.41, 5.74) is 5.24. The lowest BCUT2D eigenvalue weighted by Crippen LogP contribution is -2.60. The van der Waals surface area contributed by atoms with Crippen molar-refractivity contribution in [1.29, 1.82) is 0 Å². The second kappa shape index (κ2) is 11.6. The highest BCUT2D eigenvalue weighted by Crippen LogP contribution is 2.40. The Kier molecular flexibility index (Phi) is 8.08. The molecule has 0 aromatic heterocycles. The molecule has 214 valence electrons. The van der Waals surface area contributed by atoms with Crippen molar-refractivity contribution < 1.29 is 44.4 Å². The van der Waals surface area contributed by atoms with Gasteiger partial charge in [0.15, 0.2) is 12.3 Å². The first-order valence-electron chi connectivity index (χ1n) is 13.4. The number of para-hydroxylation sites is 1. The van der Waals surface area contributed by atoms with Crippen molar-refractivity contribution in [3.05, 3.63) is 101 Å². The fourth-order valence-electron chi connectivity index (χ4n) is 5.38. The number of hydrogen-bond donors (Lipinski definition) is 5. The summed E-state index contributed by atoms with van der Waals surface area (Å²) < 4.78 is 13.4. The SMILES string of the molecule is CC1(C)C(/C=C/c2ccc(O[C@@H]3O[C@H](CO)[C@H](O)[C@H](O)[C@H]3O)cc2)=[N+](Cc2ccc(C(=O)O)cc2)c2ccccc21. The molecular formula is C32H34NO8+. The molecule has 0 saturated carbocycles. The van der Waals surface area contributed by atoms with Crippen LogP contribution in [0.3, 0.4) is 0 Å². The van der Waals surface area contributed by atoms with E-state index in [1.807, 2.05) is 42.5 Å². The number of aromatic carboxylic acids is 1. The van der Waals surface area contributed by atoms with Gasteiger partial charge in [0.1, 0.15) is 30.2 Å². The van der Waals surface area contributed by atoms with Gasteiger partial charge in [0.05, 0.1) is 17.6 Å². The van der Waals surface area contributed by atoms with Gasteiger partial charge in [0.2, 0.25) is 12.0 Å². The minimum Gasteiger partial charge on any atom is -0.478 e. The molecule has 0 spiro atoms. The summed E-state index contributed by atoms with van der Waals surface area (Å²) in [4.78, 5) is 11.3. The van der Waals surface area contributed by atoms with Crippen LogP contribution in [0, 0.1) is 0 Å². The largest absolute Gasteiger partial charge is 0.478 e. The molecule has 0 radical (unpaired) electrons. The summed E-state index contributed by atoms with van der Waals surface area (Å²) in [5.74, 6) is -0.567. The number of carboxylic acid groups (broad SMARTS) is 1. The van der Waals surface area contributed by atoms with Crippen LogP contribution >= 0.6 is 0 Å². The molecule has 1 fully saturated rings. The van der Waals surface area contributed by atoms with E-state index < -0.39 is 43.3 Å². The Morgan fingerprint density at radius 2 is 1.61 bits per heavy atom. The van der Waals surface area contributed by atoms with Crippen LogP contribution in [0.2, 0.25) is 0 Å². The van der Waals surface area contributed by atoms with E-state index in [1.165, 1.54) is 5.56 Å². The number of fused-ring (bicyclic) bond motifs is 1. The first-order valence-corrected chi connectivity index (χ1v) is 13.4. The fraction of sp³-hybridized carbons (Fsp3) is 0.312. The molecule has 5 atom stereocenters. The number of ether oxygens (including phenoxy) is 2. The lowest BCUT2D eigenvalue weighted by atomic mass is 9.81. The topological polar surface area (TPSA) is 140 Å². The van der Waals surface area contributed by atoms with Gasteiger partial charge in [-0.05, 0) is 49.8 Å². The van der Waals surface area contributed by atoms with Gasteiger partial charge in [-0.1, -0.05) is 42.5 Å². The molecule has 0 unspecified atom stereocenters. The third kappa shape index (κ3) is 5.68. The molecule has 1 saturated heterocycles. The van der Waals surface area contributed by atoms with Crippen molar-refractivity contribution in [3.8, 4) is 5.75 Å². The smallest absolute Gasteiger partial charge is 0.335 e. The average molecular weight is 561 g/mol. The summed E-state index contributed by atoms with van der Waals surface area (Å²) >= 11 is 0. The van der Waals surface area contributed by atoms with E-state index in [0.717, 1.165) is 22.5 Å². The summed E-state index contributed by atoms with van der Waals surface area (Å²) in [6.45, 7) is 4.40. The van der Waals surface area contributed by atoms with E-state index in [9.17, 15) is 30.3 Å². The van der Waals surface area contributed by atoms with Crippen molar-refractivity contribution in [3.63, 3.8) is 0 Å². The zero-order chi connectivity index (χ0) is 29.3. The summed E-state index contributed by atoms with van der Waals surface area (Å²) in [6, 6.07) is 22.3. The average Bonchev–Trinajstić information content (AvgIpc) is 3.18. The normalized spacial score (nSPS) is 25.4. The number of hydrogen-bond acceptors (Lipinski definition) is 7. The molecule has 3 aromatic rings. The molecule has 3 aromatic carbocycles.